The van der Waals surface area contributed by atoms with Crippen molar-refractivity contribution < 1.29 is 18.3 Å². The quantitative estimate of drug-likeness (QED) is 0.810. The molecule has 7 heteroatoms. The number of aliphatic carboxylic acids is 1. The van der Waals surface area contributed by atoms with Crippen LogP contribution in [0.5, 0.6) is 0 Å². The fourth-order valence-corrected chi connectivity index (χ4v) is 3.91. The highest BCUT2D eigenvalue weighted by Gasteiger charge is 2.27. The third-order valence-electron chi connectivity index (χ3n) is 3.22. The summed E-state index contributed by atoms with van der Waals surface area (Å²) in [6, 6.07) is 13.1. The lowest BCUT2D eigenvalue weighted by atomic mass is 10.2. The Kier molecular flexibility index (Phi) is 5.33. The second-order valence-electron chi connectivity index (χ2n) is 4.92. The zero-order valence-electron chi connectivity index (χ0n) is 12.8. The van der Waals surface area contributed by atoms with Gasteiger partial charge in [-0.15, -0.1) is 11.8 Å². The van der Waals surface area contributed by atoms with Crippen LogP contribution in [-0.2, 0) is 14.8 Å². The standard InChI is InChI=1S/C16H17NO4S2/c1-12-4-3-5-13(10-12)17(11-16(18)19)23(20,21)15-8-6-14(22-2)7-9-15/h3-10H,11H2,1-2H3,(H,18,19). The molecule has 2 rings (SSSR count). The molecule has 0 amide bonds. The van der Waals surface area contributed by atoms with Crippen LogP contribution in [0, 0.1) is 6.92 Å². The summed E-state index contributed by atoms with van der Waals surface area (Å²) in [5, 5.41) is 9.10. The van der Waals surface area contributed by atoms with Crippen LogP contribution in [0.15, 0.2) is 58.3 Å². The van der Waals surface area contributed by atoms with Crippen LogP contribution in [0.3, 0.4) is 0 Å². The summed E-state index contributed by atoms with van der Waals surface area (Å²) < 4.78 is 26.6. The number of carboxylic acids is 1. The molecule has 0 aliphatic rings. The van der Waals surface area contributed by atoms with E-state index < -0.39 is 22.5 Å². The molecule has 0 aromatic heterocycles. The van der Waals surface area contributed by atoms with Gasteiger partial charge in [0.2, 0.25) is 0 Å². The van der Waals surface area contributed by atoms with Crippen molar-refractivity contribution in [2.24, 2.45) is 0 Å². The topological polar surface area (TPSA) is 74.7 Å². The normalized spacial score (nSPS) is 11.2. The molecule has 122 valence electrons. The molecule has 23 heavy (non-hydrogen) atoms. The number of carboxylic acid groups (broad SMARTS) is 1. The highest BCUT2D eigenvalue weighted by atomic mass is 32.2. The summed E-state index contributed by atoms with van der Waals surface area (Å²) in [6.07, 6.45) is 1.90. The van der Waals surface area contributed by atoms with Crippen molar-refractivity contribution in [3.63, 3.8) is 0 Å². The van der Waals surface area contributed by atoms with Crippen molar-refractivity contribution in [3.8, 4) is 0 Å². The van der Waals surface area contributed by atoms with Gasteiger partial charge in [-0.1, -0.05) is 12.1 Å². The molecule has 0 radical (unpaired) electrons. The van der Waals surface area contributed by atoms with Gasteiger partial charge in [-0.25, -0.2) is 8.42 Å². The summed E-state index contributed by atoms with van der Waals surface area (Å²) in [5.74, 6) is -1.21. The SMILES string of the molecule is CSc1ccc(S(=O)(=O)N(CC(=O)O)c2cccc(C)c2)cc1. The van der Waals surface area contributed by atoms with Gasteiger partial charge in [-0.2, -0.15) is 0 Å². The number of anilines is 1. The first kappa shape index (κ1) is 17.4. The zero-order chi connectivity index (χ0) is 17.0. The van der Waals surface area contributed by atoms with Crippen molar-refractivity contribution in [2.75, 3.05) is 17.1 Å². The van der Waals surface area contributed by atoms with E-state index in [2.05, 4.69) is 0 Å². The van der Waals surface area contributed by atoms with E-state index in [-0.39, 0.29) is 4.90 Å². The predicted molar refractivity (Wildman–Crippen MR) is 91.6 cm³/mol. The molecule has 0 saturated heterocycles. The van der Waals surface area contributed by atoms with Crippen molar-refractivity contribution in [2.45, 2.75) is 16.7 Å². The van der Waals surface area contributed by atoms with Crippen LogP contribution in [-0.4, -0.2) is 32.3 Å². The lowest BCUT2D eigenvalue weighted by molar-refractivity contribution is -0.135. The van der Waals surface area contributed by atoms with Crippen molar-refractivity contribution in [1.29, 1.82) is 0 Å². The van der Waals surface area contributed by atoms with E-state index in [1.807, 2.05) is 19.2 Å². The highest BCUT2D eigenvalue weighted by Crippen LogP contribution is 2.25. The molecule has 0 fully saturated rings. The first-order chi connectivity index (χ1) is 10.8. The van der Waals surface area contributed by atoms with Crippen LogP contribution in [0.4, 0.5) is 5.69 Å². The Bertz CT molecular complexity index is 801. The number of sulfonamides is 1. The van der Waals surface area contributed by atoms with Gasteiger partial charge in [0, 0.05) is 4.90 Å². The lowest BCUT2D eigenvalue weighted by Crippen LogP contribution is -2.35. The average molecular weight is 351 g/mol. The fraction of sp³-hybridized carbons (Fsp3) is 0.188. The predicted octanol–water partition coefficient (Wildman–Crippen LogP) is 3.00. The maximum atomic E-state index is 12.8. The molecule has 0 aliphatic heterocycles. The average Bonchev–Trinajstić information content (AvgIpc) is 2.52. The number of rotatable bonds is 6. The number of aryl methyl sites for hydroxylation is 1. The third kappa shape index (κ3) is 4.05. The molecule has 0 unspecified atom stereocenters. The molecule has 2 aromatic rings. The number of hydrogen-bond acceptors (Lipinski definition) is 4. The maximum absolute atomic E-state index is 12.8. The highest BCUT2D eigenvalue weighted by molar-refractivity contribution is 7.98. The fourth-order valence-electron chi connectivity index (χ4n) is 2.10. The molecular formula is C16H17NO4S2. The van der Waals surface area contributed by atoms with Gasteiger partial charge in [0.15, 0.2) is 0 Å². The van der Waals surface area contributed by atoms with Crippen LogP contribution >= 0.6 is 11.8 Å². The van der Waals surface area contributed by atoms with Gasteiger partial charge >= 0.3 is 5.97 Å². The molecule has 0 spiro atoms. The van der Waals surface area contributed by atoms with E-state index >= 15 is 0 Å². The minimum absolute atomic E-state index is 0.0676. The Morgan fingerprint density at radius 1 is 1.17 bits per heavy atom. The molecule has 2 aromatic carbocycles. The van der Waals surface area contributed by atoms with E-state index in [0.717, 1.165) is 14.8 Å². The monoisotopic (exact) mass is 351 g/mol. The Balaban J connectivity index is 2.50. The summed E-state index contributed by atoms with van der Waals surface area (Å²) >= 11 is 1.50. The summed E-state index contributed by atoms with van der Waals surface area (Å²) in [5.41, 5.74) is 1.19. The Morgan fingerprint density at radius 3 is 2.35 bits per heavy atom. The van der Waals surface area contributed by atoms with Gasteiger partial charge in [-0.3, -0.25) is 9.10 Å². The minimum Gasteiger partial charge on any atom is -0.480 e. The number of hydrogen-bond donors (Lipinski definition) is 1. The summed E-state index contributed by atoms with van der Waals surface area (Å²) in [6.45, 7) is 1.19. The van der Waals surface area contributed by atoms with Gasteiger partial charge in [0.1, 0.15) is 6.54 Å². The zero-order valence-corrected chi connectivity index (χ0v) is 14.4. The Morgan fingerprint density at radius 2 is 1.83 bits per heavy atom. The van der Waals surface area contributed by atoms with Crippen LogP contribution in [0.1, 0.15) is 5.56 Å². The van der Waals surface area contributed by atoms with E-state index in [1.165, 1.54) is 23.9 Å². The van der Waals surface area contributed by atoms with Gasteiger partial charge in [0.25, 0.3) is 10.0 Å². The molecule has 1 N–H and O–H groups in total. The Labute approximate surface area is 140 Å². The molecular weight excluding hydrogens is 334 g/mol. The van der Waals surface area contributed by atoms with E-state index in [4.69, 9.17) is 5.11 Å². The number of carbonyl (C=O) groups is 1. The Hall–Kier alpha value is -1.99. The number of nitrogens with zero attached hydrogens (tertiary/aromatic N) is 1. The number of thioether (sulfide) groups is 1. The van der Waals surface area contributed by atoms with Gasteiger partial charge < -0.3 is 5.11 Å². The molecule has 0 saturated carbocycles. The molecule has 0 atom stereocenters. The smallest absolute Gasteiger partial charge is 0.324 e. The second-order valence-corrected chi connectivity index (χ2v) is 7.66. The summed E-state index contributed by atoms with van der Waals surface area (Å²) in [4.78, 5) is 12.1. The first-order valence-corrected chi connectivity index (χ1v) is 9.46. The minimum atomic E-state index is -3.95. The lowest BCUT2D eigenvalue weighted by Gasteiger charge is -2.23. The molecule has 0 aliphatic carbocycles. The van der Waals surface area contributed by atoms with Gasteiger partial charge in [0.05, 0.1) is 10.6 Å². The molecule has 0 bridgehead atoms. The largest absolute Gasteiger partial charge is 0.480 e. The van der Waals surface area contributed by atoms with E-state index in [9.17, 15) is 13.2 Å². The van der Waals surface area contributed by atoms with Crippen molar-refractivity contribution in [1.82, 2.24) is 0 Å². The van der Waals surface area contributed by atoms with Crippen LogP contribution in [0.2, 0.25) is 0 Å². The maximum Gasteiger partial charge on any atom is 0.324 e. The number of benzene rings is 2. The van der Waals surface area contributed by atoms with Crippen molar-refractivity contribution >= 4 is 33.4 Å². The first-order valence-electron chi connectivity index (χ1n) is 6.80. The molecule has 5 nitrogen and oxygen atoms in total. The molecule has 0 heterocycles. The van der Waals surface area contributed by atoms with Crippen molar-refractivity contribution in [3.05, 3.63) is 54.1 Å². The van der Waals surface area contributed by atoms with E-state index in [1.54, 1.807) is 30.3 Å². The summed E-state index contributed by atoms with van der Waals surface area (Å²) in [7, 11) is -3.95. The third-order valence-corrected chi connectivity index (χ3v) is 5.75. The van der Waals surface area contributed by atoms with Crippen LogP contribution < -0.4 is 4.31 Å². The van der Waals surface area contributed by atoms with E-state index in [0.29, 0.717) is 5.69 Å². The second kappa shape index (κ2) is 7.06. The van der Waals surface area contributed by atoms with Gasteiger partial charge in [-0.05, 0) is 55.1 Å². The van der Waals surface area contributed by atoms with Crippen LogP contribution in [0.25, 0.3) is 0 Å².